The second kappa shape index (κ2) is 11.8. The maximum atomic E-state index is 12.3. The first-order valence-corrected chi connectivity index (χ1v) is 11.9. The third-order valence-electron chi connectivity index (χ3n) is 6.56. The minimum Gasteiger partial charge on any atom is -0.508 e. The van der Waals surface area contributed by atoms with Crippen LogP contribution in [0.25, 0.3) is 11.1 Å². The van der Waals surface area contributed by atoms with E-state index >= 15 is 0 Å². The topological polar surface area (TPSA) is 98.1 Å². The molecule has 2 aromatic rings. The lowest BCUT2D eigenvalue weighted by Crippen LogP contribution is -2.34. The number of nitrogens with zero attached hydrogens (tertiary/aromatic N) is 1. The van der Waals surface area contributed by atoms with Gasteiger partial charge in [-0.3, -0.25) is 9.59 Å². The number of hydrogen-bond acceptors (Lipinski definition) is 4. The number of phenolic OH excluding ortho intramolecular Hbond substituents is 1. The SMILES string of the molecule is Cc1cc(O)ccc1-c1cccc([C@H](O)CC[C@H]2CCC(=O)N2CCCCCCC(=O)O)c1. The molecule has 6 heteroatoms. The summed E-state index contributed by atoms with van der Waals surface area (Å²) in [5.41, 5.74) is 3.86. The van der Waals surface area contributed by atoms with E-state index in [1.807, 2.05) is 42.2 Å². The molecule has 0 aromatic heterocycles. The Kier molecular flexibility index (Phi) is 8.89. The van der Waals surface area contributed by atoms with Gasteiger partial charge in [0.25, 0.3) is 0 Å². The lowest BCUT2D eigenvalue weighted by atomic mass is 9.95. The molecule has 0 bridgehead atoms. The van der Waals surface area contributed by atoms with E-state index < -0.39 is 12.1 Å². The van der Waals surface area contributed by atoms with E-state index in [1.165, 1.54) is 0 Å². The zero-order valence-corrected chi connectivity index (χ0v) is 19.4. The van der Waals surface area contributed by atoms with Crippen LogP contribution in [0.15, 0.2) is 42.5 Å². The molecule has 2 aromatic carbocycles. The number of aryl methyl sites for hydroxylation is 1. The van der Waals surface area contributed by atoms with Crippen LogP contribution >= 0.6 is 0 Å². The molecule has 33 heavy (non-hydrogen) atoms. The Morgan fingerprint density at radius 1 is 1.12 bits per heavy atom. The molecule has 1 amide bonds. The van der Waals surface area contributed by atoms with E-state index in [0.717, 1.165) is 54.4 Å². The average molecular weight is 454 g/mol. The minimum atomic E-state index is -0.757. The van der Waals surface area contributed by atoms with Crippen molar-refractivity contribution in [1.29, 1.82) is 0 Å². The molecule has 0 unspecified atom stereocenters. The van der Waals surface area contributed by atoms with Gasteiger partial charge < -0.3 is 20.2 Å². The zero-order valence-electron chi connectivity index (χ0n) is 19.4. The Morgan fingerprint density at radius 2 is 1.91 bits per heavy atom. The molecule has 0 radical (unpaired) electrons. The zero-order chi connectivity index (χ0) is 23.8. The van der Waals surface area contributed by atoms with Crippen LogP contribution in [-0.4, -0.2) is 44.7 Å². The normalized spacial score (nSPS) is 16.8. The van der Waals surface area contributed by atoms with Crippen LogP contribution in [0.3, 0.4) is 0 Å². The van der Waals surface area contributed by atoms with Crippen molar-refractivity contribution in [3.8, 4) is 16.9 Å². The van der Waals surface area contributed by atoms with E-state index in [2.05, 4.69) is 0 Å². The third-order valence-corrected chi connectivity index (χ3v) is 6.56. The summed E-state index contributed by atoms with van der Waals surface area (Å²) in [4.78, 5) is 24.9. The van der Waals surface area contributed by atoms with Gasteiger partial charge in [-0.05, 0) is 79.5 Å². The molecule has 0 spiro atoms. The number of carbonyl (C=O) groups excluding carboxylic acids is 1. The predicted molar refractivity (Wildman–Crippen MR) is 128 cm³/mol. The highest BCUT2D eigenvalue weighted by molar-refractivity contribution is 5.78. The first-order chi connectivity index (χ1) is 15.8. The van der Waals surface area contributed by atoms with Crippen LogP contribution in [0, 0.1) is 6.92 Å². The monoisotopic (exact) mass is 453 g/mol. The summed E-state index contributed by atoms with van der Waals surface area (Å²) >= 11 is 0. The highest BCUT2D eigenvalue weighted by Crippen LogP contribution is 2.31. The van der Waals surface area contributed by atoms with Crippen molar-refractivity contribution in [2.45, 2.75) is 76.9 Å². The molecule has 1 aliphatic rings. The molecule has 1 saturated heterocycles. The number of carboxylic acid groups (broad SMARTS) is 1. The fourth-order valence-corrected chi connectivity index (χ4v) is 4.71. The van der Waals surface area contributed by atoms with Gasteiger partial charge in [-0.2, -0.15) is 0 Å². The Morgan fingerprint density at radius 3 is 2.67 bits per heavy atom. The predicted octanol–water partition coefficient (Wildman–Crippen LogP) is 5.21. The van der Waals surface area contributed by atoms with Gasteiger partial charge in [0.1, 0.15) is 5.75 Å². The first-order valence-electron chi connectivity index (χ1n) is 11.9. The van der Waals surface area contributed by atoms with Gasteiger partial charge in [0.15, 0.2) is 0 Å². The van der Waals surface area contributed by atoms with E-state index in [0.29, 0.717) is 25.8 Å². The molecule has 1 heterocycles. The van der Waals surface area contributed by atoms with E-state index in [1.54, 1.807) is 12.1 Å². The lowest BCUT2D eigenvalue weighted by molar-refractivity contribution is -0.137. The summed E-state index contributed by atoms with van der Waals surface area (Å²) in [6, 6.07) is 13.3. The van der Waals surface area contributed by atoms with E-state index in [-0.39, 0.29) is 24.1 Å². The summed E-state index contributed by atoms with van der Waals surface area (Å²) in [5, 5.41) is 29.2. The van der Waals surface area contributed by atoms with Crippen molar-refractivity contribution < 1.29 is 24.9 Å². The van der Waals surface area contributed by atoms with Crippen LogP contribution in [0.2, 0.25) is 0 Å². The molecule has 1 fully saturated rings. The molecular formula is C27H35NO5. The van der Waals surface area contributed by atoms with Crippen molar-refractivity contribution in [1.82, 2.24) is 4.90 Å². The number of benzene rings is 2. The van der Waals surface area contributed by atoms with Gasteiger partial charge in [0.05, 0.1) is 6.10 Å². The number of likely N-dealkylation sites (tertiary alicyclic amines) is 1. The second-order valence-electron chi connectivity index (χ2n) is 9.06. The summed E-state index contributed by atoms with van der Waals surface area (Å²) in [7, 11) is 0. The number of unbranched alkanes of at least 4 members (excludes halogenated alkanes) is 3. The number of carboxylic acids is 1. The van der Waals surface area contributed by atoms with Gasteiger partial charge in [0, 0.05) is 25.4 Å². The Labute approximate surface area is 195 Å². The van der Waals surface area contributed by atoms with Crippen LogP contribution in [0.1, 0.15) is 75.0 Å². The van der Waals surface area contributed by atoms with Crippen LogP contribution in [0.4, 0.5) is 0 Å². The van der Waals surface area contributed by atoms with Gasteiger partial charge in [-0.25, -0.2) is 0 Å². The fourth-order valence-electron chi connectivity index (χ4n) is 4.71. The maximum absolute atomic E-state index is 12.3. The Bertz CT molecular complexity index is 957. The fraction of sp³-hybridized carbons (Fsp3) is 0.481. The van der Waals surface area contributed by atoms with Gasteiger partial charge in [-0.15, -0.1) is 0 Å². The maximum Gasteiger partial charge on any atom is 0.303 e. The number of phenols is 1. The number of aliphatic hydroxyl groups is 1. The average Bonchev–Trinajstić information content (AvgIpc) is 3.13. The van der Waals surface area contributed by atoms with Crippen molar-refractivity contribution >= 4 is 11.9 Å². The van der Waals surface area contributed by atoms with Crippen LogP contribution < -0.4 is 0 Å². The lowest BCUT2D eigenvalue weighted by Gasteiger charge is -2.26. The van der Waals surface area contributed by atoms with Crippen LogP contribution in [-0.2, 0) is 9.59 Å². The number of hydrogen-bond donors (Lipinski definition) is 3. The number of rotatable bonds is 12. The first kappa shape index (κ1) is 24.8. The van der Waals surface area contributed by atoms with Gasteiger partial charge in [0.2, 0.25) is 5.91 Å². The molecule has 3 rings (SSSR count). The standard InChI is InChI=1S/C27H35NO5/c1-19-17-23(29)12-13-24(19)20-7-6-8-21(18-20)25(30)14-10-22-11-15-26(31)28(22)16-5-3-2-4-9-27(32)33/h6-8,12-13,17-18,22,25,29-30H,2-5,9-11,14-16H2,1H3,(H,32,33)/t22-,25+/m0/s1. The molecule has 1 aliphatic heterocycles. The van der Waals surface area contributed by atoms with Crippen LogP contribution in [0.5, 0.6) is 5.75 Å². The largest absolute Gasteiger partial charge is 0.508 e. The smallest absolute Gasteiger partial charge is 0.303 e. The molecule has 2 atom stereocenters. The van der Waals surface area contributed by atoms with Crippen molar-refractivity contribution in [2.75, 3.05) is 6.54 Å². The van der Waals surface area contributed by atoms with Crippen molar-refractivity contribution in [2.24, 2.45) is 0 Å². The molecule has 0 saturated carbocycles. The molecule has 3 N–H and O–H groups in total. The number of aromatic hydroxyl groups is 1. The third kappa shape index (κ3) is 7.06. The van der Waals surface area contributed by atoms with Crippen molar-refractivity contribution in [3.63, 3.8) is 0 Å². The highest BCUT2D eigenvalue weighted by atomic mass is 16.4. The number of aliphatic carboxylic acids is 1. The minimum absolute atomic E-state index is 0.161. The molecule has 0 aliphatic carbocycles. The van der Waals surface area contributed by atoms with Crippen molar-refractivity contribution in [3.05, 3.63) is 53.6 Å². The molecule has 178 valence electrons. The van der Waals surface area contributed by atoms with Gasteiger partial charge in [-0.1, -0.05) is 37.1 Å². The molecule has 6 nitrogen and oxygen atoms in total. The highest BCUT2D eigenvalue weighted by Gasteiger charge is 2.30. The van der Waals surface area contributed by atoms with E-state index in [4.69, 9.17) is 5.11 Å². The van der Waals surface area contributed by atoms with Gasteiger partial charge >= 0.3 is 5.97 Å². The molecular weight excluding hydrogens is 418 g/mol. The summed E-state index contributed by atoms with van der Waals surface area (Å²) < 4.78 is 0. The quantitative estimate of drug-likeness (QED) is 0.383. The Balaban J connectivity index is 1.52. The summed E-state index contributed by atoms with van der Waals surface area (Å²) in [6.07, 6.45) is 5.71. The number of aliphatic hydroxyl groups excluding tert-OH is 1. The summed E-state index contributed by atoms with van der Waals surface area (Å²) in [5.74, 6) is -0.333. The van der Waals surface area contributed by atoms with E-state index in [9.17, 15) is 19.8 Å². The number of carbonyl (C=O) groups is 2. The Hall–Kier alpha value is -2.86. The summed E-state index contributed by atoms with van der Waals surface area (Å²) in [6.45, 7) is 2.66. The number of amides is 1. The second-order valence-corrected chi connectivity index (χ2v) is 9.06.